The van der Waals surface area contributed by atoms with Gasteiger partial charge < -0.3 is 10.1 Å². The molecule has 1 rings (SSSR count). The summed E-state index contributed by atoms with van der Waals surface area (Å²) in [6.45, 7) is 3.63. The van der Waals surface area contributed by atoms with Gasteiger partial charge in [0.1, 0.15) is 5.82 Å². The molecule has 0 heterocycles. The number of amides is 1. The summed E-state index contributed by atoms with van der Waals surface area (Å²) in [6, 6.07) is 4.13. The van der Waals surface area contributed by atoms with Crippen LogP contribution < -0.4 is 5.32 Å². The molecule has 0 saturated carbocycles. The zero-order valence-electron chi connectivity index (χ0n) is 10.0. The van der Waals surface area contributed by atoms with E-state index in [9.17, 15) is 9.18 Å². The topological polar surface area (TPSA) is 38.3 Å². The number of anilines is 1. The molecule has 1 aromatic carbocycles. The molecular formula is C12H15BrFNO2. The van der Waals surface area contributed by atoms with Gasteiger partial charge in [0.2, 0.25) is 5.91 Å². The largest absolute Gasteiger partial charge is 0.378 e. The predicted octanol–water partition coefficient (Wildman–Crippen LogP) is 3.34. The molecular weight excluding hydrogens is 289 g/mol. The quantitative estimate of drug-likeness (QED) is 0.926. The highest BCUT2D eigenvalue weighted by Gasteiger charge is 2.21. The van der Waals surface area contributed by atoms with E-state index >= 15 is 0 Å². The van der Waals surface area contributed by atoms with Gasteiger partial charge in [-0.3, -0.25) is 4.79 Å². The Morgan fingerprint density at radius 1 is 1.53 bits per heavy atom. The lowest BCUT2D eigenvalue weighted by molar-refractivity contribution is -0.121. The molecule has 17 heavy (non-hydrogen) atoms. The third kappa shape index (κ3) is 4.44. The van der Waals surface area contributed by atoms with Crippen LogP contribution in [0.5, 0.6) is 0 Å². The van der Waals surface area contributed by atoms with Gasteiger partial charge in [0.15, 0.2) is 0 Å². The first kappa shape index (κ1) is 14.1. The van der Waals surface area contributed by atoms with E-state index < -0.39 is 11.4 Å². The summed E-state index contributed by atoms with van der Waals surface area (Å²) >= 11 is 3.24. The number of hydrogen-bond donors (Lipinski definition) is 1. The summed E-state index contributed by atoms with van der Waals surface area (Å²) in [5, 5.41) is 2.64. The zero-order chi connectivity index (χ0) is 13.1. The van der Waals surface area contributed by atoms with E-state index in [-0.39, 0.29) is 12.3 Å². The molecule has 0 spiro atoms. The van der Waals surface area contributed by atoms with Crippen molar-refractivity contribution in [3.05, 3.63) is 28.5 Å². The molecule has 0 radical (unpaired) electrons. The summed E-state index contributed by atoms with van der Waals surface area (Å²) in [4.78, 5) is 11.7. The molecule has 1 aromatic rings. The molecule has 3 nitrogen and oxygen atoms in total. The number of nitrogens with one attached hydrogen (secondary N) is 1. The minimum Gasteiger partial charge on any atom is -0.378 e. The van der Waals surface area contributed by atoms with Crippen molar-refractivity contribution in [2.45, 2.75) is 25.9 Å². The van der Waals surface area contributed by atoms with Crippen molar-refractivity contribution in [1.82, 2.24) is 0 Å². The molecule has 0 aromatic heterocycles. The minimum atomic E-state index is -0.538. The van der Waals surface area contributed by atoms with Crippen LogP contribution in [-0.2, 0) is 9.53 Å². The Bertz CT molecular complexity index is 421. The predicted molar refractivity (Wildman–Crippen MR) is 68.4 cm³/mol. The maximum absolute atomic E-state index is 13.0. The molecule has 0 unspecified atom stereocenters. The van der Waals surface area contributed by atoms with Gasteiger partial charge in [0, 0.05) is 11.6 Å². The van der Waals surface area contributed by atoms with Crippen molar-refractivity contribution < 1.29 is 13.9 Å². The van der Waals surface area contributed by atoms with Gasteiger partial charge >= 0.3 is 0 Å². The van der Waals surface area contributed by atoms with Crippen LogP contribution in [0, 0.1) is 5.82 Å². The van der Waals surface area contributed by atoms with Crippen LogP contribution in [0.3, 0.4) is 0 Å². The van der Waals surface area contributed by atoms with Crippen LogP contribution in [0.15, 0.2) is 22.7 Å². The molecule has 0 aliphatic rings. The molecule has 5 heteroatoms. The molecule has 1 N–H and O–H groups in total. The Balaban J connectivity index is 2.71. The first-order valence-electron chi connectivity index (χ1n) is 5.14. The van der Waals surface area contributed by atoms with Gasteiger partial charge in [-0.25, -0.2) is 4.39 Å². The second-order valence-corrected chi connectivity index (χ2v) is 5.17. The fourth-order valence-electron chi connectivity index (χ4n) is 1.25. The van der Waals surface area contributed by atoms with Gasteiger partial charge in [0.05, 0.1) is 17.7 Å². The van der Waals surface area contributed by atoms with Crippen LogP contribution in [0.1, 0.15) is 20.3 Å². The van der Waals surface area contributed by atoms with E-state index in [0.29, 0.717) is 10.2 Å². The Morgan fingerprint density at radius 2 is 2.18 bits per heavy atom. The van der Waals surface area contributed by atoms with Crippen LogP contribution in [0.25, 0.3) is 0 Å². The van der Waals surface area contributed by atoms with Crippen LogP contribution in [-0.4, -0.2) is 18.6 Å². The number of carbonyl (C=O) groups is 1. The third-order valence-electron chi connectivity index (χ3n) is 2.34. The molecule has 0 aliphatic heterocycles. The van der Waals surface area contributed by atoms with Crippen LogP contribution in [0.4, 0.5) is 10.1 Å². The van der Waals surface area contributed by atoms with E-state index in [1.807, 2.05) is 13.8 Å². The summed E-state index contributed by atoms with van der Waals surface area (Å²) in [5.41, 5.74) is -0.119. The number of rotatable bonds is 4. The Morgan fingerprint density at radius 3 is 2.76 bits per heavy atom. The number of carbonyl (C=O) groups excluding carboxylic acids is 1. The summed E-state index contributed by atoms with van der Waals surface area (Å²) in [5.74, 6) is -0.613. The molecule has 0 aliphatic carbocycles. The highest BCUT2D eigenvalue weighted by atomic mass is 79.9. The maximum atomic E-state index is 13.0. The molecule has 0 bridgehead atoms. The normalized spacial score (nSPS) is 11.4. The second kappa shape index (κ2) is 5.60. The van der Waals surface area contributed by atoms with Crippen LogP contribution >= 0.6 is 15.9 Å². The maximum Gasteiger partial charge on any atom is 0.227 e. The first-order valence-corrected chi connectivity index (χ1v) is 5.93. The monoisotopic (exact) mass is 303 g/mol. The highest BCUT2D eigenvalue weighted by molar-refractivity contribution is 9.10. The van der Waals surface area contributed by atoms with Gasteiger partial charge in [0.25, 0.3) is 0 Å². The molecule has 94 valence electrons. The average Bonchev–Trinajstić information content (AvgIpc) is 2.23. The SMILES string of the molecule is COC(C)(C)CC(=O)Nc1cc(F)ccc1Br. The second-order valence-electron chi connectivity index (χ2n) is 4.31. The van der Waals surface area contributed by atoms with Crippen molar-refractivity contribution in [2.75, 3.05) is 12.4 Å². The van der Waals surface area contributed by atoms with E-state index in [2.05, 4.69) is 21.2 Å². The molecule has 0 atom stereocenters. The molecule has 0 saturated heterocycles. The van der Waals surface area contributed by atoms with E-state index in [4.69, 9.17) is 4.74 Å². The van der Waals surface area contributed by atoms with Crippen LogP contribution in [0.2, 0.25) is 0 Å². The smallest absolute Gasteiger partial charge is 0.227 e. The van der Waals surface area contributed by atoms with Crippen molar-refractivity contribution >= 4 is 27.5 Å². The summed E-state index contributed by atoms with van der Waals surface area (Å²) < 4.78 is 18.8. The Labute approximate surface area is 108 Å². The number of benzene rings is 1. The number of halogens is 2. The number of hydrogen-bond acceptors (Lipinski definition) is 2. The van der Waals surface area contributed by atoms with Gasteiger partial charge in [-0.15, -0.1) is 0 Å². The average molecular weight is 304 g/mol. The van der Waals surface area contributed by atoms with E-state index in [1.54, 1.807) is 13.2 Å². The number of ether oxygens (including phenoxy) is 1. The van der Waals surface area contributed by atoms with E-state index in [0.717, 1.165) is 0 Å². The van der Waals surface area contributed by atoms with Gasteiger partial charge in [-0.05, 0) is 48.0 Å². The molecule has 1 amide bonds. The van der Waals surface area contributed by atoms with Crippen molar-refractivity contribution in [3.8, 4) is 0 Å². The lowest BCUT2D eigenvalue weighted by atomic mass is 10.0. The van der Waals surface area contributed by atoms with Crippen molar-refractivity contribution in [1.29, 1.82) is 0 Å². The summed E-state index contributed by atoms with van der Waals surface area (Å²) in [6.07, 6.45) is 0.201. The number of methoxy groups -OCH3 is 1. The lowest BCUT2D eigenvalue weighted by Gasteiger charge is -2.22. The van der Waals surface area contributed by atoms with Gasteiger partial charge in [-0.1, -0.05) is 0 Å². The van der Waals surface area contributed by atoms with Crippen molar-refractivity contribution in [3.63, 3.8) is 0 Å². The lowest BCUT2D eigenvalue weighted by Crippen LogP contribution is -2.29. The Hall–Kier alpha value is -0.940. The standard InChI is InChI=1S/C12H15BrFNO2/c1-12(2,17-3)7-11(16)15-10-6-8(14)4-5-9(10)13/h4-6H,7H2,1-3H3,(H,15,16). The third-order valence-corrected chi connectivity index (χ3v) is 3.03. The first-order chi connectivity index (χ1) is 7.84. The Kier molecular flexibility index (Phi) is 4.65. The van der Waals surface area contributed by atoms with Gasteiger partial charge in [-0.2, -0.15) is 0 Å². The van der Waals surface area contributed by atoms with E-state index in [1.165, 1.54) is 12.1 Å². The highest BCUT2D eigenvalue weighted by Crippen LogP contribution is 2.24. The summed E-state index contributed by atoms with van der Waals surface area (Å²) in [7, 11) is 1.55. The zero-order valence-corrected chi connectivity index (χ0v) is 11.6. The van der Waals surface area contributed by atoms with Crippen molar-refractivity contribution in [2.24, 2.45) is 0 Å². The fraction of sp³-hybridized carbons (Fsp3) is 0.417. The minimum absolute atomic E-state index is 0.201. The fourth-order valence-corrected chi connectivity index (χ4v) is 1.59. The molecule has 0 fully saturated rings.